The summed E-state index contributed by atoms with van der Waals surface area (Å²) in [5, 5.41) is 7.51. The second-order valence-electron chi connectivity index (χ2n) is 2.52. The molecule has 0 unspecified atom stereocenters. The average Bonchev–Trinajstić information content (AvgIpc) is 2.10. The molecule has 1 saturated carbocycles. The van der Waals surface area contributed by atoms with Gasteiger partial charge in [0.25, 0.3) is 0 Å². The highest BCUT2D eigenvalue weighted by molar-refractivity contribution is 6.27. The summed E-state index contributed by atoms with van der Waals surface area (Å²) in [6.45, 7) is 0. The molecule has 0 aromatic carbocycles. The monoisotopic (exact) mass is 158 g/mol. The van der Waals surface area contributed by atoms with Crippen LogP contribution < -0.4 is 0 Å². The van der Waals surface area contributed by atoms with Crippen LogP contribution in [0.25, 0.3) is 0 Å². The molecule has 1 aromatic rings. The zero-order chi connectivity index (χ0) is 6.97. The third kappa shape index (κ3) is 0.904. The summed E-state index contributed by atoms with van der Waals surface area (Å²) in [5.74, 6) is 1.19. The first-order valence-electron chi connectivity index (χ1n) is 3.35. The first kappa shape index (κ1) is 6.16. The molecule has 0 radical (unpaired) electrons. The normalized spacial score (nSPS) is 18.9. The number of halogens is 1. The zero-order valence-corrected chi connectivity index (χ0v) is 6.14. The van der Waals surface area contributed by atoms with Gasteiger partial charge in [0, 0.05) is 5.92 Å². The van der Waals surface area contributed by atoms with Crippen molar-refractivity contribution in [2.45, 2.75) is 25.2 Å². The van der Waals surface area contributed by atoms with Crippen LogP contribution in [0.4, 0.5) is 0 Å². The number of nitrogens with zero attached hydrogens (tertiary/aromatic N) is 2. The molecular weight excluding hydrogens is 152 g/mol. The van der Waals surface area contributed by atoms with Gasteiger partial charge >= 0.3 is 5.35 Å². The number of rotatable bonds is 1. The molecule has 1 heterocycles. The van der Waals surface area contributed by atoms with E-state index >= 15 is 0 Å². The summed E-state index contributed by atoms with van der Waals surface area (Å²) < 4.78 is 5.03. The lowest BCUT2D eigenvalue weighted by molar-refractivity contribution is 0.335. The highest BCUT2D eigenvalue weighted by Crippen LogP contribution is 2.35. The Morgan fingerprint density at radius 2 is 2.20 bits per heavy atom. The molecule has 10 heavy (non-hydrogen) atoms. The van der Waals surface area contributed by atoms with Crippen molar-refractivity contribution in [1.82, 2.24) is 10.2 Å². The first-order valence-corrected chi connectivity index (χ1v) is 3.73. The molecule has 0 bridgehead atoms. The van der Waals surface area contributed by atoms with Crippen LogP contribution in [-0.2, 0) is 0 Å². The summed E-state index contributed by atoms with van der Waals surface area (Å²) in [5.41, 5.74) is 0. The van der Waals surface area contributed by atoms with E-state index in [1.54, 1.807) is 0 Å². The number of hydrogen-bond donors (Lipinski definition) is 0. The maximum absolute atomic E-state index is 5.45. The van der Waals surface area contributed by atoms with Gasteiger partial charge in [-0.05, 0) is 24.4 Å². The second-order valence-corrected chi connectivity index (χ2v) is 2.84. The van der Waals surface area contributed by atoms with Crippen molar-refractivity contribution in [2.75, 3.05) is 0 Å². The molecule has 3 nitrogen and oxygen atoms in total. The summed E-state index contributed by atoms with van der Waals surface area (Å²) in [7, 11) is 0. The molecule has 0 aliphatic heterocycles. The molecule has 0 saturated heterocycles. The Bertz CT molecular complexity index is 231. The van der Waals surface area contributed by atoms with Crippen LogP contribution in [0.5, 0.6) is 0 Å². The molecule has 0 amide bonds. The standard InChI is InChI=1S/C6H7ClN2O/c7-6-9-8-5(10-6)4-2-1-3-4/h4H,1-3H2. The van der Waals surface area contributed by atoms with Crippen molar-refractivity contribution in [2.24, 2.45) is 0 Å². The molecular formula is C6H7ClN2O. The van der Waals surface area contributed by atoms with Crippen molar-refractivity contribution >= 4 is 11.6 Å². The smallest absolute Gasteiger partial charge is 0.312 e. The van der Waals surface area contributed by atoms with Crippen molar-refractivity contribution in [3.05, 3.63) is 11.2 Å². The lowest BCUT2D eigenvalue weighted by Gasteiger charge is -2.20. The highest BCUT2D eigenvalue weighted by Gasteiger charge is 2.24. The zero-order valence-electron chi connectivity index (χ0n) is 5.38. The van der Waals surface area contributed by atoms with Gasteiger partial charge in [0.15, 0.2) is 0 Å². The van der Waals surface area contributed by atoms with Crippen LogP contribution in [-0.4, -0.2) is 10.2 Å². The Hall–Kier alpha value is -0.570. The molecule has 1 aliphatic rings. The molecule has 4 heteroatoms. The predicted octanol–water partition coefficient (Wildman–Crippen LogP) is 1.99. The van der Waals surface area contributed by atoms with E-state index in [2.05, 4.69) is 10.2 Å². The van der Waals surface area contributed by atoms with Crippen LogP contribution in [0.2, 0.25) is 5.35 Å². The molecule has 1 aromatic heterocycles. The Balaban J connectivity index is 2.17. The van der Waals surface area contributed by atoms with Crippen LogP contribution in [0, 0.1) is 0 Å². The molecule has 1 aliphatic carbocycles. The van der Waals surface area contributed by atoms with E-state index in [1.807, 2.05) is 0 Å². The van der Waals surface area contributed by atoms with Crippen LogP contribution in [0.3, 0.4) is 0 Å². The molecule has 0 N–H and O–H groups in total. The van der Waals surface area contributed by atoms with E-state index in [1.165, 1.54) is 19.3 Å². The summed E-state index contributed by atoms with van der Waals surface area (Å²) in [4.78, 5) is 0. The summed E-state index contributed by atoms with van der Waals surface area (Å²) in [6, 6.07) is 0. The SMILES string of the molecule is Clc1nnc(C2CCC2)o1. The Kier molecular flexibility index (Phi) is 1.38. The highest BCUT2D eigenvalue weighted by atomic mass is 35.5. The topological polar surface area (TPSA) is 38.9 Å². The Morgan fingerprint density at radius 1 is 1.40 bits per heavy atom. The fraction of sp³-hybridized carbons (Fsp3) is 0.667. The van der Waals surface area contributed by atoms with E-state index in [0.717, 1.165) is 0 Å². The first-order chi connectivity index (χ1) is 4.86. The van der Waals surface area contributed by atoms with Crippen molar-refractivity contribution in [1.29, 1.82) is 0 Å². The Morgan fingerprint density at radius 3 is 2.60 bits per heavy atom. The lowest BCUT2D eigenvalue weighted by Crippen LogP contribution is -2.08. The van der Waals surface area contributed by atoms with Gasteiger partial charge < -0.3 is 4.42 Å². The van der Waals surface area contributed by atoms with Crippen LogP contribution >= 0.6 is 11.6 Å². The van der Waals surface area contributed by atoms with E-state index < -0.39 is 0 Å². The van der Waals surface area contributed by atoms with E-state index in [0.29, 0.717) is 11.8 Å². The van der Waals surface area contributed by atoms with Gasteiger partial charge in [0.2, 0.25) is 5.89 Å². The lowest BCUT2D eigenvalue weighted by atomic mass is 9.85. The minimum Gasteiger partial charge on any atom is -0.412 e. The van der Waals surface area contributed by atoms with Gasteiger partial charge in [-0.15, -0.1) is 5.10 Å². The van der Waals surface area contributed by atoms with E-state index in [-0.39, 0.29) is 5.35 Å². The molecule has 0 spiro atoms. The minimum atomic E-state index is 0.155. The van der Waals surface area contributed by atoms with Gasteiger partial charge in [-0.1, -0.05) is 11.5 Å². The number of hydrogen-bond acceptors (Lipinski definition) is 3. The quantitative estimate of drug-likeness (QED) is 0.628. The van der Waals surface area contributed by atoms with Crippen LogP contribution in [0.15, 0.2) is 4.42 Å². The fourth-order valence-electron chi connectivity index (χ4n) is 1.04. The van der Waals surface area contributed by atoms with Crippen molar-refractivity contribution in [3.8, 4) is 0 Å². The summed E-state index contributed by atoms with van der Waals surface area (Å²) >= 11 is 5.45. The molecule has 1 fully saturated rings. The van der Waals surface area contributed by atoms with Crippen molar-refractivity contribution in [3.63, 3.8) is 0 Å². The molecule has 0 atom stereocenters. The predicted molar refractivity (Wildman–Crippen MR) is 35.9 cm³/mol. The van der Waals surface area contributed by atoms with Gasteiger partial charge in [-0.25, -0.2) is 0 Å². The molecule has 54 valence electrons. The maximum Gasteiger partial charge on any atom is 0.312 e. The fourth-order valence-corrected chi connectivity index (χ4v) is 1.15. The largest absolute Gasteiger partial charge is 0.412 e. The third-order valence-electron chi connectivity index (χ3n) is 1.87. The van der Waals surface area contributed by atoms with E-state index in [9.17, 15) is 0 Å². The van der Waals surface area contributed by atoms with Crippen LogP contribution in [0.1, 0.15) is 31.1 Å². The van der Waals surface area contributed by atoms with Gasteiger partial charge in [-0.2, -0.15) is 0 Å². The third-order valence-corrected chi connectivity index (χ3v) is 2.02. The van der Waals surface area contributed by atoms with Gasteiger partial charge in [0.1, 0.15) is 0 Å². The average molecular weight is 159 g/mol. The van der Waals surface area contributed by atoms with Gasteiger partial charge in [-0.3, -0.25) is 0 Å². The number of aromatic nitrogens is 2. The van der Waals surface area contributed by atoms with Crippen molar-refractivity contribution < 1.29 is 4.42 Å². The summed E-state index contributed by atoms with van der Waals surface area (Å²) in [6.07, 6.45) is 3.60. The maximum atomic E-state index is 5.45. The second kappa shape index (κ2) is 2.23. The minimum absolute atomic E-state index is 0.155. The molecule has 2 rings (SSSR count). The van der Waals surface area contributed by atoms with E-state index in [4.69, 9.17) is 16.0 Å². The van der Waals surface area contributed by atoms with Gasteiger partial charge in [0.05, 0.1) is 0 Å². The Labute approximate surface area is 63.4 Å².